The van der Waals surface area contributed by atoms with E-state index in [0.717, 1.165) is 16.2 Å². The topological polar surface area (TPSA) is 144 Å². The fraction of sp³-hybridized carbons (Fsp3) is 0.300. The minimum absolute atomic E-state index is 0.183. The summed E-state index contributed by atoms with van der Waals surface area (Å²) < 4.78 is 4.91. The van der Waals surface area contributed by atoms with Crippen LogP contribution in [0.4, 0.5) is 11.5 Å². The van der Waals surface area contributed by atoms with Crippen LogP contribution in [0.5, 0.6) is 0 Å². The van der Waals surface area contributed by atoms with E-state index < -0.39 is 17.9 Å². The highest BCUT2D eigenvalue weighted by molar-refractivity contribution is 7.21. The summed E-state index contributed by atoms with van der Waals surface area (Å²) in [5.41, 5.74) is 12.7. The lowest BCUT2D eigenvalue weighted by molar-refractivity contribution is -0.141. The first kappa shape index (κ1) is 21.5. The number of ether oxygens (including phenoxy) is 1. The molecule has 0 saturated heterocycles. The van der Waals surface area contributed by atoms with Gasteiger partial charge in [0.2, 0.25) is 0 Å². The van der Waals surface area contributed by atoms with Crippen LogP contribution in [0.25, 0.3) is 20.7 Å². The van der Waals surface area contributed by atoms with E-state index in [1.165, 1.54) is 18.4 Å². The first-order valence-electron chi connectivity index (χ1n) is 9.12. The number of pyridine rings is 1. The van der Waals surface area contributed by atoms with E-state index in [2.05, 4.69) is 16.4 Å². The molecule has 0 aromatic carbocycles. The Morgan fingerprint density at radius 3 is 2.67 bits per heavy atom. The number of primary amides is 1. The number of anilines is 2. The second-order valence-corrected chi connectivity index (χ2v) is 8.99. The number of nitriles is 1. The molecule has 1 amide bonds. The van der Waals surface area contributed by atoms with Crippen LogP contribution in [-0.4, -0.2) is 30.0 Å². The molecule has 5 N–H and O–H groups in total. The number of aromatic nitrogens is 1. The maximum absolute atomic E-state index is 12.3. The number of hydrogen-bond acceptors (Lipinski definition) is 9. The summed E-state index contributed by atoms with van der Waals surface area (Å²) in [5.74, 6) is -0.670. The number of nitrogens with zero attached hydrogens (tertiary/aromatic N) is 2. The molecule has 0 aliphatic heterocycles. The van der Waals surface area contributed by atoms with Gasteiger partial charge in [-0.1, -0.05) is 19.9 Å². The number of hydrogen-bond donors (Lipinski definition) is 3. The summed E-state index contributed by atoms with van der Waals surface area (Å²) in [7, 11) is 1.31. The van der Waals surface area contributed by atoms with E-state index >= 15 is 0 Å². The number of carbonyl (C=O) groups excluding carboxylic acids is 2. The van der Waals surface area contributed by atoms with Gasteiger partial charge in [0, 0.05) is 15.8 Å². The zero-order valence-corrected chi connectivity index (χ0v) is 18.3. The molecule has 1 unspecified atom stereocenters. The van der Waals surface area contributed by atoms with Crippen LogP contribution in [-0.2, 0) is 9.53 Å². The van der Waals surface area contributed by atoms with Gasteiger partial charge in [0.05, 0.1) is 12.8 Å². The summed E-state index contributed by atoms with van der Waals surface area (Å²) >= 11 is 2.49. The second kappa shape index (κ2) is 8.69. The van der Waals surface area contributed by atoms with Gasteiger partial charge in [-0.2, -0.15) is 5.26 Å². The molecule has 8 nitrogen and oxygen atoms in total. The molecule has 1 atom stereocenters. The highest BCUT2D eigenvalue weighted by atomic mass is 32.1. The smallest absolute Gasteiger partial charge is 0.328 e. The molecule has 0 bridgehead atoms. The van der Waals surface area contributed by atoms with Gasteiger partial charge in [-0.25, -0.2) is 9.78 Å². The Labute approximate surface area is 181 Å². The third-order valence-corrected chi connectivity index (χ3v) is 6.48. The number of carbonyl (C=O) groups is 2. The van der Waals surface area contributed by atoms with Crippen LogP contribution in [0.3, 0.4) is 0 Å². The van der Waals surface area contributed by atoms with Gasteiger partial charge in [0.1, 0.15) is 33.2 Å². The van der Waals surface area contributed by atoms with E-state index in [9.17, 15) is 14.9 Å². The molecule has 156 valence electrons. The van der Waals surface area contributed by atoms with E-state index in [-0.39, 0.29) is 27.9 Å². The Kier molecular flexibility index (Phi) is 6.24. The summed E-state index contributed by atoms with van der Waals surface area (Å²) in [6.45, 7) is 3.96. The fourth-order valence-electron chi connectivity index (χ4n) is 3.21. The van der Waals surface area contributed by atoms with Crippen molar-refractivity contribution in [3.63, 3.8) is 0 Å². The average molecular weight is 444 g/mol. The zero-order valence-electron chi connectivity index (χ0n) is 16.7. The van der Waals surface area contributed by atoms with Crippen molar-refractivity contribution in [1.82, 2.24) is 4.98 Å². The number of nitrogens with two attached hydrogens (primary N) is 2. The SMILES string of the molecule is COC(=O)C(CC(C)C)Nc1nc2sc(C(N)=O)c(N)c2c(-c2cccs2)c1C#N. The summed E-state index contributed by atoms with van der Waals surface area (Å²) in [6.07, 6.45) is 0.491. The average Bonchev–Trinajstić information content (AvgIpc) is 3.34. The molecule has 0 fully saturated rings. The number of fused-ring (bicyclic) bond motifs is 1. The Morgan fingerprint density at radius 1 is 1.40 bits per heavy atom. The Balaban J connectivity index is 2.29. The molecule has 10 heteroatoms. The van der Waals surface area contributed by atoms with Crippen molar-refractivity contribution < 1.29 is 14.3 Å². The molecule has 3 aromatic heterocycles. The van der Waals surface area contributed by atoms with Crippen LogP contribution >= 0.6 is 22.7 Å². The number of thiophene rings is 2. The van der Waals surface area contributed by atoms with Crippen LogP contribution < -0.4 is 16.8 Å². The molecule has 30 heavy (non-hydrogen) atoms. The lowest BCUT2D eigenvalue weighted by Crippen LogP contribution is -2.32. The first-order valence-corrected chi connectivity index (χ1v) is 10.8. The van der Waals surface area contributed by atoms with Gasteiger partial charge in [-0.3, -0.25) is 4.79 Å². The van der Waals surface area contributed by atoms with Gasteiger partial charge in [0.15, 0.2) is 0 Å². The predicted octanol–water partition coefficient (Wildman–Crippen LogP) is 3.58. The lowest BCUT2D eigenvalue weighted by atomic mass is 10.0. The molecule has 0 aliphatic rings. The number of nitrogen functional groups attached to an aromatic ring is 1. The van der Waals surface area contributed by atoms with Gasteiger partial charge < -0.3 is 21.5 Å². The second-order valence-electron chi connectivity index (χ2n) is 7.04. The molecule has 0 radical (unpaired) electrons. The Hall–Kier alpha value is -3.16. The highest BCUT2D eigenvalue weighted by Crippen LogP contribution is 2.44. The molecule has 3 aromatic rings. The molecule has 0 aliphatic carbocycles. The van der Waals surface area contributed by atoms with Crippen molar-refractivity contribution in [1.29, 1.82) is 5.26 Å². The Morgan fingerprint density at radius 2 is 2.13 bits per heavy atom. The standard InChI is InChI=1S/C20H21N5O3S2/c1-9(2)7-11(20(27)28-3)24-18-10(8-21)13(12-5-4-6-29-12)14-15(22)16(17(23)26)30-19(14)25-18/h4-6,9,11H,7,22H2,1-3H3,(H2,23,26)(H,24,25). The third kappa shape index (κ3) is 3.94. The van der Waals surface area contributed by atoms with Gasteiger partial charge >= 0.3 is 5.97 Å². The van der Waals surface area contributed by atoms with Crippen molar-refractivity contribution in [3.8, 4) is 16.5 Å². The lowest BCUT2D eigenvalue weighted by Gasteiger charge is -2.20. The van der Waals surface area contributed by atoms with Gasteiger partial charge in [0.25, 0.3) is 5.91 Å². The van der Waals surface area contributed by atoms with Crippen LogP contribution in [0, 0.1) is 17.2 Å². The molecule has 3 heterocycles. The Bertz CT molecular complexity index is 1150. The van der Waals surface area contributed by atoms with Crippen molar-refractivity contribution in [3.05, 3.63) is 28.0 Å². The van der Waals surface area contributed by atoms with Crippen molar-refractivity contribution in [2.45, 2.75) is 26.3 Å². The third-order valence-electron chi connectivity index (χ3n) is 4.48. The van der Waals surface area contributed by atoms with E-state index in [1.807, 2.05) is 31.4 Å². The first-order chi connectivity index (χ1) is 14.3. The van der Waals surface area contributed by atoms with Crippen molar-refractivity contribution in [2.75, 3.05) is 18.2 Å². The molecular weight excluding hydrogens is 422 g/mol. The largest absolute Gasteiger partial charge is 0.467 e. The number of esters is 1. The van der Waals surface area contributed by atoms with E-state index in [0.29, 0.717) is 22.2 Å². The fourth-order valence-corrected chi connectivity index (χ4v) is 4.95. The monoisotopic (exact) mass is 443 g/mol. The molecule has 0 spiro atoms. The number of nitrogens with one attached hydrogen (secondary N) is 1. The highest BCUT2D eigenvalue weighted by Gasteiger charge is 2.27. The number of rotatable bonds is 7. The summed E-state index contributed by atoms with van der Waals surface area (Å²) in [6, 6.07) is 5.22. The molecule has 3 rings (SSSR count). The predicted molar refractivity (Wildman–Crippen MR) is 119 cm³/mol. The maximum atomic E-state index is 12.3. The number of methoxy groups -OCH3 is 1. The van der Waals surface area contributed by atoms with Crippen LogP contribution in [0.2, 0.25) is 0 Å². The van der Waals surface area contributed by atoms with Crippen LogP contribution in [0.1, 0.15) is 35.5 Å². The summed E-state index contributed by atoms with van der Waals surface area (Å²) in [4.78, 5) is 30.1. The van der Waals surface area contributed by atoms with Gasteiger partial charge in [-0.15, -0.1) is 22.7 Å². The normalized spacial score (nSPS) is 12.0. The van der Waals surface area contributed by atoms with E-state index in [4.69, 9.17) is 16.2 Å². The van der Waals surface area contributed by atoms with Crippen LogP contribution in [0.15, 0.2) is 17.5 Å². The van der Waals surface area contributed by atoms with Crippen molar-refractivity contribution in [2.24, 2.45) is 11.7 Å². The van der Waals surface area contributed by atoms with Crippen molar-refractivity contribution >= 4 is 56.3 Å². The number of amides is 1. The van der Waals surface area contributed by atoms with Gasteiger partial charge in [-0.05, 0) is 23.8 Å². The minimum atomic E-state index is -0.684. The maximum Gasteiger partial charge on any atom is 0.328 e. The molecule has 0 saturated carbocycles. The van der Waals surface area contributed by atoms with E-state index in [1.54, 1.807) is 0 Å². The summed E-state index contributed by atoms with van der Waals surface area (Å²) in [5, 5.41) is 15.5. The quantitative estimate of drug-likeness (QED) is 0.473. The minimum Gasteiger partial charge on any atom is -0.467 e. The molecular formula is C20H21N5O3S2. The zero-order chi connectivity index (χ0) is 22.0.